The molecule has 5 rings (SSSR count). The molecule has 2 aliphatic heterocycles. The van der Waals surface area contributed by atoms with Crippen molar-refractivity contribution in [1.29, 1.82) is 0 Å². The zero-order chi connectivity index (χ0) is 19.4. The summed E-state index contributed by atoms with van der Waals surface area (Å²) in [6.07, 6.45) is 3.34. The van der Waals surface area contributed by atoms with Gasteiger partial charge in [0.15, 0.2) is 0 Å². The highest BCUT2D eigenvalue weighted by Gasteiger charge is 2.56. The van der Waals surface area contributed by atoms with Gasteiger partial charge in [-0.15, -0.1) is 0 Å². The average molecular weight is 430 g/mol. The number of aromatic amines is 1. The van der Waals surface area contributed by atoms with Crippen LogP contribution in [0.2, 0.25) is 5.02 Å². The molecule has 6 nitrogen and oxygen atoms in total. The predicted molar refractivity (Wildman–Crippen MR) is 108 cm³/mol. The Labute approximate surface area is 172 Å². The summed E-state index contributed by atoms with van der Waals surface area (Å²) >= 11 is 8.29. The van der Waals surface area contributed by atoms with E-state index in [-0.39, 0.29) is 16.7 Å². The van der Waals surface area contributed by atoms with Crippen molar-refractivity contribution < 1.29 is 9.59 Å². The van der Waals surface area contributed by atoms with Gasteiger partial charge < -0.3 is 4.98 Å². The van der Waals surface area contributed by atoms with E-state index in [1.807, 2.05) is 6.07 Å². The van der Waals surface area contributed by atoms with Crippen LogP contribution in [0.5, 0.6) is 0 Å². The number of thiazole rings is 1. The van der Waals surface area contributed by atoms with E-state index in [0.717, 1.165) is 21.8 Å². The van der Waals surface area contributed by atoms with Gasteiger partial charge in [0.2, 0.25) is 11.8 Å². The lowest BCUT2D eigenvalue weighted by atomic mass is 9.84. The summed E-state index contributed by atoms with van der Waals surface area (Å²) < 4.78 is 0. The van der Waals surface area contributed by atoms with Gasteiger partial charge in [-0.2, -0.15) is 0 Å². The number of amides is 2. The Balaban J connectivity index is 1.65. The molecule has 2 amide bonds. The van der Waals surface area contributed by atoms with Gasteiger partial charge in [-0.3, -0.25) is 19.4 Å². The van der Waals surface area contributed by atoms with E-state index in [2.05, 4.69) is 9.97 Å². The van der Waals surface area contributed by atoms with Crippen LogP contribution in [0.15, 0.2) is 58.6 Å². The molecular weight excluding hydrogens is 418 g/mol. The Bertz CT molecular complexity index is 1140. The number of halogens is 1. The fraction of sp³-hybridized carbons (Fsp3) is 0.158. The number of hydrogen-bond donors (Lipinski definition) is 1. The molecule has 0 aliphatic carbocycles. The molecule has 0 saturated carbocycles. The minimum Gasteiger partial charge on any atom is -0.307 e. The third-order valence-corrected chi connectivity index (χ3v) is 7.61. The molecule has 3 aromatic rings. The Kier molecular flexibility index (Phi) is 4.15. The maximum atomic E-state index is 13.4. The number of aromatic nitrogens is 2. The second-order valence-corrected chi connectivity index (χ2v) is 9.13. The van der Waals surface area contributed by atoms with Crippen LogP contribution in [0.1, 0.15) is 16.4 Å². The third-order valence-electron chi connectivity index (χ3n) is 4.95. The maximum Gasteiger partial charge on any atom is 0.305 e. The molecule has 4 heterocycles. The Morgan fingerprint density at radius 3 is 2.57 bits per heavy atom. The standard InChI is InChI=1S/C19H12ClN3O3S2/c20-10-3-5-11(6-4-10)23-17(24)13-12(9-2-1-7-21-8-9)14-16(22-19(26)28-14)27-15(13)18(23)25/h1-8,12-13,15H,(H,22,26). The van der Waals surface area contributed by atoms with E-state index in [1.54, 1.807) is 42.7 Å². The number of nitrogens with one attached hydrogen (secondary N) is 1. The molecule has 28 heavy (non-hydrogen) atoms. The number of benzene rings is 1. The monoisotopic (exact) mass is 429 g/mol. The lowest BCUT2D eigenvalue weighted by Crippen LogP contribution is -2.32. The fourth-order valence-electron chi connectivity index (χ4n) is 3.78. The highest BCUT2D eigenvalue weighted by molar-refractivity contribution is 8.00. The second-order valence-electron chi connectivity index (χ2n) is 6.52. The summed E-state index contributed by atoms with van der Waals surface area (Å²) in [7, 11) is 0. The highest BCUT2D eigenvalue weighted by Crippen LogP contribution is 2.52. The number of pyridine rings is 1. The number of imide groups is 1. The van der Waals surface area contributed by atoms with Crippen LogP contribution in [0, 0.1) is 5.92 Å². The zero-order valence-corrected chi connectivity index (χ0v) is 16.6. The van der Waals surface area contributed by atoms with E-state index >= 15 is 0 Å². The first-order valence-electron chi connectivity index (χ1n) is 8.47. The van der Waals surface area contributed by atoms with Crippen LogP contribution < -0.4 is 9.77 Å². The maximum absolute atomic E-state index is 13.4. The number of carbonyl (C=O) groups excluding carboxylic acids is 2. The summed E-state index contributed by atoms with van der Waals surface area (Å²) in [6.45, 7) is 0. The summed E-state index contributed by atoms with van der Waals surface area (Å²) in [5.74, 6) is -1.55. The molecule has 1 saturated heterocycles. The predicted octanol–water partition coefficient (Wildman–Crippen LogP) is 3.28. The largest absolute Gasteiger partial charge is 0.307 e. The van der Waals surface area contributed by atoms with Crippen LogP contribution in [-0.4, -0.2) is 27.0 Å². The molecular formula is C19H12ClN3O3S2. The number of fused-ring (bicyclic) bond motifs is 2. The molecule has 0 radical (unpaired) electrons. The molecule has 1 N–H and O–H groups in total. The normalized spacial score (nSPS) is 23.6. The quantitative estimate of drug-likeness (QED) is 0.632. The van der Waals surface area contributed by atoms with E-state index in [1.165, 1.54) is 16.7 Å². The van der Waals surface area contributed by atoms with Gasteiger partial charge in [-0.05, 0) is 35.9 Å². The van der Waals surface area contributed by atoms with Crippen molar-refractivity contribution >= 4 is 52.2 Å². The van der Waals surface area contributed by atoms with Crippen molar-refractivity contribution in [3.05, 3.63) is 73.9 Å². The van der Waals surface area contributed by atoms with E-state index < -0.39 is 17.1 Å². The first kappa shape index (κ1) is 17.7. The van der Waals surface area contributed by atoms with Crippen LogP contribution >= 0.6 is 34.7 Å². The number of anilines is 1. The summed E-state index contributed by atoms with van der Waals surface area (Å²) in [5, 5.41) is 0.581. The van der Waals surface area contributed by atoms with E-state index in [0.29, 0.717) is 15.7 Å². The molecule has 2 aromatic heterocycles. The highest BCUT2D eigenvalue weighted by atomic mass is 35.5. The molecule has 1 aromatic carbocycles. The van der Waals surface area contributed by atoms with Crippen molar-refractivity contribution in [2.45, 2.75) is 16.2 Å². The van der Waals surface area contributed by atoms with Gasteiger partial charge in [-0.1, -0.05) is 40.8 Å². The Morgan fingerprint density at radius 2 is 1.86 bits per heavy atom. The lowest BCUT2D eigenvalue weighted by molar-refractivity contribution is -0.122. The van der Waals surface area contributed by atoms with Gasteiger partial charge >= 0.3 is 4.87 Å². The molecule has 3 unspecified atom stereocenters. The van der Waals surface area contributed by atoms with Crippen LogP contribution in [0.25, 0.3) is 0 Å². The van der Waals surface area contributed by atoms with Crippen LogP contribution in [-0.2, 0) is 9.59 Å². The fourth-order valence-corrected chi connectivity index (χ4v) is 6.42. The second kappa shape index (κ2) is 6.58. The van der Waals surface area contributed by atoms with Crippen molar-refractivity contribution in [3.8, 4) is 0 Å². The number of carbonyl (C=O) groups is 2. The number of hydrogen-bond acceptors (Lipinski definition) is 6. The topological polar surface area (TPSA) is 83.1 Å². The molecule has 1 fully saturated rings. The minimum atomic E-state index is -0.605. The van der Waals surface area contributed by atoms with Gasteiger partial charge in [0.25, 0.3) is 0 Å². The molecule has 2 aliphatic rings. The van der Waals surface area contributed by atoms with Crippen LogP contribution in [0.3, 0.4) is 0 Å². The first-order valence-corrected chi connectivity index (χ1v) is 10.5. The average Bonchev–Trinajstić information content (AvgIpc) is 3.18. The Hall–Kier alpha value is -2.42. The number of thioether (sulfide) groups is 1. The molecule has 0 bridgehead atoms. The van der Waals surface area contributed by atoms with Crippen molar-refractivity contribution in [1.82, 2.24) is 9.97 Å². The molecule has 9 heteroatoms. The van der Waals surface area contributed by atoms with E-state index in [4.69, 9.17) is 11.6 Å². The molecule has 0 spiro atoms. The van der Waals surface area contributed by atoms with E-state index in [9.17, 15) is 14.4 Å². The third kappa shape index (κ3) is 2.63. The lowest BCUT2D eigenvalue weighted by Gasteiger charge is -2.29. The SMILES string of the molecule is O=C1C2Sc3[nH]c(=O)sc3C(c3cccnc3)C2C(=O)N1c1ccc(Cl)cc1. The van der Waals surface area contributed by atoms with Crippen LogP contribution in [0.4, 0.5) is 5.69 Å². The molecule has 3 atom stereocenters. The number of H-pyrrole nitrogens is 1. The summed E-state index contributed by atoms with van der Waals surface area (Å²) in [6, 6.07) is 10.3. The minimum absolute atomic E-state index is 0.194. The van der Waals surface area contributed by atoms with Gasteiger partial charge in [0.05, 0.1) is 16.6 Å². The number of rotatable bonds is 2. The van der Waals surface area contributed by atoms with Gasteiger partial charge in [0, 0.05) is 28.2 Å². The number of nitrogens with zero attached hydrogens (tertiary/aromatic N) is 2. The first-order chi connectivity index (χ1) is 13.5. The molecule has 140 valence electrons. The van der Waals surface area contributed by atoms with Crippen molar-refractivity contribution in [3.63, 3.8) is 0 Å². The van der Waals surface area contributed by atoms with Crippen molar-refractivity contribution in [2.24, 2.45) is 5.92 Å². The van der Waals surface area contributed by atoms with Gasteiger partial charge in [-0.25, -0.2) is 4.90 Å². The summed E-state index contributed by atoms with van der Waals surface area (Å²) in [4.78, 5) is 47.3. The van der Waals surface area contributed by atoms with Gasteiger partial charge in [0.1, 0.15) is 5.25 Å². The zero-order valence-electron chi connectivity index (χ0n) is 14.2. The summed E-state index contributed by atoms with van der Waals surface area (Å²) in [5.41, 5.74) is 1.31. The smallest absolute Gasteiger partial charge is 0.305 e. The van der Waals surface area contributed by atoms with Crippen molar-refractivity contribution in [2.75, 3.05) is 4.90 Å². The Morgan fingerprint density at radius 1 is 1.07 bits per heavy atom.